The number of rotatable bonds is 3. The summed E-state index contributed by atoms with van der Waals surface area (Å²) in [6, 6.07) is 13.5. The van der Waals surface area contributed by atoms with Gasteiger partial charge in [0.05, 0.1) is 17.5 Å². The van der Waals surface area contributed by atoms with E-state index in [0.29, 0.717) is 18.6 Å². The van der Waals surface area contributed by atoms with Crippen molar-refractivity contribution in [1.82, 2.24) is 13.1 Å². The summed E-state index contributed by atoms with van der Waals surface area (Å²) in [5, 5.41) is 0. The second-order valence-electron chi connectivity index (χ2n) is 5.66. The Bertz CT molecular complexity index is 966. The number of fused-ring (bicyclic) bond motifs is 2. The van der Waals surface area contributed by atoms with Crippen LogP contribution in [0.3, 0.4) is 0 Å². The van der Waals surface area contributed by atoms with Gasteiger partial charge in [0, 0.05) is 13.1 Å². The summed E-state index contributed by atoms with van der Waals surface area (Å²) in [4.78, 5) is 0. The first-order chi connectivity index (χ1) is 11.1. The zero-order valence-corrected chi connectivity index (χ0v) is 14.0. The maximum Gasteiger partial charge on any atom is 0.218 e. The monoisotopic (exact) mass is 345 g/mol. The van der Waals surface area contributed by atoms with Gasteiger partial charge in [0.1, 0.15) is 11.0 Å². The van der Waals surface area contributed by atoms with Gasteiger partial charge in [0.25, 0.3) is 0 Å². The van der Waals surface area contributed by atoms with Crippen LogP contribution in [0.2, 0.25) is 0 Å². The van der Waals surface area contributed by atoms with Crippen molar-refractivity contribution in [3.05, 3.63) is 59.2 Å². The van der Waals surface area contributed by atoms with Crippen molar-refractivity contribution in [3.63, 3.8) is 0 Å². The van der Waals surface area contributed by atoms with Gasteiger partial charge in [-0.1, -0.05) is 36.4 Å². The van der Waals surface area contributed by atoms with Crippen molar-refractivity contribution in [2.45, 2.75) is 18.7 Å². The molecule has 118 valence electrons. The van der Waals surface area contributed by atoms with Gasteiger partial charge in [-0.05, 0) is 29.2 Å². The van der Waals surface area contributed by atoms with Crippen molar-refractivity contribution in [2.24, 2.45) is 0 Å². The van der Waals surface area contributed by atoms with Gasteiger partial charge in [-0.25, -0.2) is 8.42 Å². The van der Waals surface area contributed by atoms with Gasteiger partial charge < -0.3 is 0 Å². The summed E-state index contributed by atoms with van der Waals surface area (Å²) in [5.41, 5.74) is 4.50. The fraction of sp³-hybridized carbons (Fsp3) is 0.250. The Morgan fingerprint density at radius 1 is 1.04 bits per heavy atom. The van der Waals surface area contributed by atoms with Crippen molar-refractivity contribution in [1.29, 1.82) is 0 Å². The molecule has 23 heavy (non-hydrogen) atoms. The third kappa shape index (κ3) is 2.75. The summed E-state index contributed by atoms with van der Waals surface area (Å²) < 4.78 is 35.6. The Hall–Kier alpha value is -1.83. The molecule has 0 bridgehead atoms. The average molecular weight is 345 g/mol. The Labute approximate surface area is 139 Å². The molecule has 5 nitrogen and oxygen atoms in total. The average Bonchev–Trinajstić information content (AvgIpc) is 3.04. The van der Waals surface area contributed by atoms with Crippen molar-refractivity contribution >= 4 is 32.8 Å². The van der Waals surface area contributed by atoms with Crippen LogP contribution in [0.25, 0.3) is 11.0 Å². The molecule has 0 fully saturated rings. The molecule has 0 spiro atoms. The third-order valence-corrected chi connectivity index (χ3v) is 6.51. The number of hydrogen-bond acceptors (Lipinski definition) is 5. The lowest BCUT2D eigenvalue weighted by molar-refractivity contribution is 0.391. The molecular formula is C16H15N3O2S2. The molecule has 4 rings (SSSR count). The van der Waals surface area contributed by atoms with E-state index in [1.807, 2.05) is 36.4 Å². The van der Waals surface area contributed by atoms with E-state index in [9.17, 15) is 8.42 Å². The Morgan fingerprint density at radius 3 is 2.74 bits per heavy atom. The van der Waals surface area contributed by atoms with Gasteiger partial charge >= 0.3 is 0 Å². The van der Waals surface area contributed by atoms with Crippen LogP contribution < -0.4 is 0 Å². The Morgan fingerprint density at radius 2 is 1.87 bits per heavy atom. The first kappa shape index (κ1) is 14.7. The number of benzene rings is 2. The van der Waals surface area contributed by atoms with E-state index in [2.05, 4.69) is 14.8 Å². The number of nitrogens with zero attached hydrogens (tertiary/aromatic N) is 3. The van der Waals surface area contributed by atoms with Gasteiger partial charge in [0.2, 0.25) is 10.0 Å². The van der Waals surface area contributed by atoms with Gasteiger partial charge in [-0.15, -0.1) is 0 Å². The molecule has 1 aromatic heterocycles. The van der Waals surface area contributed by atoms with Crippen LogP contribution in [0.15, 0.2) is 42.5 Å². The van der Waals surface area contributed by atoms with Crippen LogP contribution in [0, 0.1) is 0 Å². The highest BCUT2D eigenvalue weighted by molar-refractivity contribution is 7.88. The molecule has 1 aliphatic rings. The predicted molar refractivity (Wildman–Crippen MR) is 90.6 cm³/mol. The first-order valence-electron chi connectivity index (χ1n) is 7.38. The van der Waals surface area contributed by atoms with Crippen LogP contribution in [0.1, 0.15) is 16.7 Å². The molecule has 0 aliphatic carbocycles. The van der Waals surface area contributed by atoms with E-state index in [0.717, 1.165) is 34.8 Å². The molecule has 0 atom stereocenters. The number of hydrogen-bond donors (Lipinski definition) is 0. The molecule has 0 unspecified atom stereocenters. The molecular weight excluding hydrogens is 330 g/mol. The van der Waals surface area contributed by atoms with E-state index in [-0.39, 0.29) is 5.75 Å². The summed E-state index contributed by atoms with van der Waals surface area (Å²) in [6.45, 7) is 0.981. The molecule has 7 heteroatoms. The van der Waals surface area contributed by atoms with Crippen molar-refractivity contribution < 1.29 is 8.42 Å². The zero-order chi connectivity index (χ0) is 15.9. The Balaban J connectivity index is 1.63. The molecule has 2 heterocycles. The van der Waals surface area contributed by atoms with E-state index in [1.165, 1.54) is 5.56 Å². The predicted octanol–water partition coefficient (Wildman–Crippen LogP) is 2.58. The van der Waals surface area contributed by atoms with Crippen molar-refractivity contribution in [2.75, 3.05) is 6.54 Å². The second-order valence-corrected chi connectivity index (χ2v) is 8.15. The molecule has 1 aliphatic heterocycles. The zero-order valence-electron chi connectivity index (χ0n) is 12.3. The summed E-state index contributed by atoms with van der Waals surface area (Å²) >= 11 is 1.11. The van der Waals surface area contributed by atoms with Crippen LogP contribution in [0.5, 0.6) is 0 Å². The highest BCUT2D eigenvalue weighted by Gasteiger charge is 2.27. The smallest absolute Gasteiger partial charge is 0.212 e. The van der Waals surface area contributed by atoms with Gasteiger partial charge in [-0.2, -0.15) is 13.1 Å². The lowest BCUT2D eigenvalue weighted by Crippen LogP contribution is -2.36. The molecule has 0 amide bonds. The third-order valence-electron chi connectivity index (χ3n) is 4.20. The lowest BCUT2D eigenvalue weighted by atomic mass is 10.0. The standard InChI is InChI=1S/C16H15N3O2S2/c20-23(21,11-14-6-3-7-15-16(14)18-22-17-15)19-9-8-12-4-1-2-5-13(12)10-19/h1-7H,8-11H2. The van der Waals surface area contributed by atoms with Gasteiger partial charge in [0.15, 0.2) is 0 Å². The quantitative estimate of drug-likeness (QED) is 0.732. The summed E-state index contributed by atoms with van der Waals surface area (Å²) in [7, 11) is -3.38. The first-order valence-corrected chi connectivity index (χ1v) is 9.72. The SMILES string of the molecule is O=S(=O)(Cc1cccc2nsnc12)N1CCc2ccccc2C1. The Kier molecular flexibility index (Phi) is 3.63. The lowest BCUT2D eigenvalue weighted by Gasteiger charge is -2.28. The van der Waals surface area contributed by atoms with E-state index in [1.54, 1.807) is 4.31 Å². The van der Waals surface area contributed by atoms with E-state index >= 15 is 0 Å². The van der Waals surface area contributed by atoms with Crippen LogP contribution in [-0.4, -0.2) is 28.0 Å². The minimum absolute atomic E-state index is 0.0298. The van der Waals surface area contributed by atoms with Crippen molar-refractivity contribution in [3.8, 4) is 0 Å². The molecule has 0 saturated heterocycles. The molecule has 0 N–H and O–H groups in total. The molecule has 2 aromatic carbocycles. The maximum atomic E-state index is 12.8. The molecule has 3 aromatic rings. The molecule has 0 saturated carbocycles. The van der Waals surface area contributed by atoms with Crippen LogP contribution >= 0.6 is 11.7 Å². The van der Waals surface area contributed by atoms with Gasteiger partial charge in [-0.3, -0.25) is 0 Å². The van der Waals surface area contributed by atoms with Crippen LogP contribution in [0.4, 0.5) is 0 Å². The fourth-order valence-electron chi connectivity index (χ4n) is 2.97. The maximum absolute atomic E-state index is 12.8. The second kappa shape index (κ2) is 5.67. The summed E-state index contributed by atoms with van der Waals surface area (Å²) in [5.74, 6) is -0.0298. The minimum Gasteiger partial charge on any atom is -0.212 e. The molecule has 0 radical (unpaired) electrons. The highest BCUT2D eigenvalue weighted by atomic mass is 32.2. The topological polar surface area (TPSA) is 63.2 Å². The number of aromatic nitrogens is 2. The normalized spacial score (nSPS) is 15.7. The largest absolute Gasteiger partial charge is 0.218 e. The summed E-state index contributed by atoms with van der Waals surface area (Å²) in [6.07, 6.45) is 0.762. The van der Waals surface area contributed by atoms with Crippen LogP contribution in [-0.2, 0) is 28.7 Å². The van der Waals surface area contributed by atoms with E-state index < -0.39 is 10.0 Å². The minimum atomic E-state index is -3.38. The fourth-order valence-corrected chi connectivity index (χ4v) is 5.06. The number of sulfonamides is 1. The van der Waals surface area contributed by atoms with E-state index in [4.69, 9.17) is 0 Å². The highest BCUT2D eigenvalue weighted by Crippen LogP contribution is 2.25.